The fraction of sp³-hybridized carbons (Fsp3) is 0.0625. The standard InChI is InChI=1S/C16H14N4O3S/c1-12(21)13-2-5-15(6-3-13)24(22,23)19-14-4-7-16(18-10-14)20-9-8-17-11-20/h2-11,19H,1H3. The van der Waals surface area contributed by atoms with Crippen LogP contribution in [0.3, 0.4) is 0 Å². The predicted octanol–water partition coefficient (Wildman–Crippen LogP) is 2.27. The number of benzene rings is 1. The van der Waals surface area contributed by atoms with Crippen LogP contribution in [0.4, 0.5) is 5.69 Å². The average molecular weight is 342 g/mol. The highest BCUT2D eigenvalue weighted by molar-refractivity contribution is 7.92. The molecule has 2 aromatic heterocycles. The summed E-state index contributed by atoms with van der Waals surface area (Å²) in [5.41, 5.74) is 0.801. The van der Waals surface area contributed by atoms with Gasteiger partial charge in [-0.05, 0) is 31.2 Å². The summed E-state index contributed by atoms with van der Waals surface area (Å²) in [6, 6.07) is 9.05. The molecule has 0 bridgehead atoms. The van der Waals surface area contributed by atoms with Crippen LogP contribution < -0.4 is 4.72 Å². The van der Waals surface area contributed by atoms with E-state index in [-0.39, 0.29) is 10.7 Å². The van der Waals surface area contributed by atoms with Crippen LogP contribution in [0.1, 0.15) is 17.3 Å². The summed E-state index contributed by atoms with van der Waals surface area (Å²) in [7, 11) is -3.74. The molecule has 0 radical (unpaired) electrons. The number of Topliss-reactive ketones (excluding diaryl/α,β-unsaturated/α-hetero) is 1. The third-order valence-corrected chi connectivity index (χ3v) is 4.74. The Balaban J connectivity index is 1.80. The van der Waals surface area contributed by atoms with Crippen LogP contribution in [0.15, 0.2) is 66.2 Å². The highest BCUT2D eigenvalue weighted by Crippen LogP contribution is 2.17. The molecule has 0 aliphatic rings. The van der Waals surface area contributed by atoms with E-state index >= 15 is 0 Å². The average Bonchev–Trinajstić information content (AvgIpc) is 3.10. The number of carbonyl (C=O) groups excluding carboxylic acids is 1. The van der Waals surface area contributed by atoms with Crippen LogP contribution in [-0.4, -0.2) is 28.7 Å². The van der Waals surface area contributed by atoms with Gasteiger partial charge in [-0.3, -0.25) is 14.1 Å². The molecule has 1 aromatic carbocycles. The molecule has 0 fully saturated rings. The molecule has 24 heavy (non-hydrogen) atoms. The molecule has 1 N–H and O–H groups in total. The van der Waals surface area contributed by atoms with Gasteiger partial charge >= 0.3 is 0 Å². The summed E-state index contributed by atoms with van der Waals surface area (Å²) in [6.45, 7) is 1.43. The molecule has 0 saturated carbocycles. The van der Waals surface area contributed by atoms with Gasteiger partial charge in [0.25, 0.3) is 10.0 Å². The maximum absolute atomic E-state index is 12.4. The maximum Gasteiger partial charge on any atom is 0.261 e. The zero-order chi connectivity index (χ0) is 17.2. The monoisotopic (exact) mass is 342 g/mol. The van der Waals surface area contributed by atoms with Gasteiger partial charge in [-0.15, -0.1) is 0 Å². The Morgan fingerprint density at radius 1 is 1.12 bits per heavy atom. The molecule has 0 aliphatic heterocycles. The van der Waals surface area contributed by atoms with Crippen LogP contribution >= 0.6 is 0 Å². The van der Waals surface area contributed by atoms with Crippen LogP contribution in [0, 0.1) is 0 Å². The number of anilines is 1. The van der Waals surface area contributed by atoms with Crippen molar-refractivity contribution in [3.05, 3.63) is 66.9 Å². The Kier molecular flexibility index (Phi) is 4.13. The van der Waals surface area contributed by atoms with Crippen LogP contribution in [0.5, 0.6) is 0 Å². The van der Waals surface area contributed by atoms with Crippen molar-refractivity contribution in [1.82, 2.24) is 14.5 Å². The summed E-state index contributed by atoms with van der Waals surface area (Å²) in [4.78, 5) is 19.4. The molecular formula is C16H14N4O3S. The molecule has 0 amide bonds. The van der Waals surface area contributed by atoms with Gasteiger partial charge in [0.05, 0.1) is 16.8 Å². The minimum atomic E-state index is -3.74. The molecule has 3 aromatic rings. The lowest BCUT2D eigenvalue weighted by molar-refractivity contribution is 0.101. The van der Waals surface area contributed by atoms with Gasteiger partial charge in [0.2, 0.25) is 0 Å². The van der Waals surface area contributed by atoms with Gasteiger partial charge in [0.1, 0.15) is 12.1 Å². The zero-order valence-electron chi connectivity index (χ0n) is 12.7. The number of hydrogen-bond acceptors (Lipinski definition) is 5. The van der Waals surface area contributed by atoms with Gasteiger partial charge in [-0.1, -0.05) is 12.1 Å². The van der Waals surface area contributed by atoms with Crippen molar-refractivity contribution in [3.8, 4) is 5.82 Å². The lowest BCUT2D eigenvalue weighted by Crippen LogP contribution is -2.13. The fourth-order valence-corrected chi connectivity index (χ4v) is 3.12. The van der Waals surface area contributed by atoms with Crippen molar-refractivity contribution in [1.29, 1.82) is 0 Å². The van der Waals surface area contributed by atoms with Gasteiger partial charge in [0, 0.05) is 18.0 Å². The molecule has 0 spiro atoms. The SMILES string of the molecule is CC(=O)c1ccc(S(=O)(=O)Nc2ccc(-n3ccnc3)nc2)cc1. The molecule has 2 heterocycles. The molecular weight excluding hydrogens is 328 g/mol. The first-order chi connectivity index (χ1) is 11.5. The van der Waals surface area contributed by atoms with E-state index < -0.39 is 10.0 Å². The van der Waals surface area contributed by atoms with E-state index in [4.69, 9.17) is 0 Å². The van der Waals surface area contributed by atoms with Crippen molar-refractivity contribution >= 4 is 21.5 Å². The quantitative estimate of drug-likeness (QED) is 0.718. The minimum Gasteiger partial charge on any atom is -0.295 e. The second-order valence-electron chi connectivity index (χ2n) is 5.06. The number of pyridine rings is 1. The van der Waals surface area contributed by atoms with E-state index in [0.29, 0.717) is 17.1 Å². The molecule has 0 saturated heterocycles. The molecule has 3 rings (SSSR count). The largest absolute Gasteiger partial charge is 0.295 e. The van der Waals surface area contributed by atoms with Gasteiger partial charge in [0.15, 0.2) is 5.78 Å². The van der Waals surface area contributed by atoms with Crippen LogP contribution in [0.25, 0.3) is 5.82 Å². The molecule has 0 unspecified atom stereocenters. The topological polar surface area (TPSA) is 94.0 Å². The molecule has 122 valence electrons. The Morgan fingerprint density at radius 3 is 2.42 bits per heavy atom. The first-order valence-corrected chi connectivity index (χ1v) is 8.52. The lowest BCUT2D eigenvalue weighted by atomic mass is 10.2. The smallest absolute Gasteiger partial charge is 0.261 e. The summed E-state index contributed by atoms with van der Waals surface area (Å²) in [6.07, 6.45) is 6.39. The highest BCUT2D eigenvalue weighted by Gasteiger charge is 2.15. The van der Waals surface area contributed by atoms with Crippen LogP contribution in [-0.2, 0) is 10.0 Å². The number of ketones is 1. The normalized spacial score (nSPS) is 11.2. The van der Waals surface area contributed by atoms with E-state index in [2.05, 4.69) is 14.7 Å². The van der Waals surface area contributed by atoms with Gasteiger partial charge < -0.3 is 0 Å². The van der Waals surface area contributed by atoms with Crippen molar-refractivity contribution in [2.75, 3.05) is 4.72 Å². The number of nitrogens with zero attached hydrogens (tertiary/aromatic N) is 3. The van der Waals surface area contributed by atoms with Crippen molar-refractivity contribution in [2.24, 2.45) is 0 Å². The van der Waals surface area contributed by atoms with Gasteiger partial charge in [-0.2, -0.15) is 0 Å². The Hall–Kier alpha value is -3.00. The second kappa shape index (κ2) is 6.25. The highest BCUT2D eigenvalue weighted by atomic mass is 32.2. The Labute approximate surface area is 139 Å². The first-order valence-electron chi connectivity index (χ1n) is 7.04. The van der Waals surface area contributed by atoms with E-state index in [1.54, 1.807) is 35.4 Å². The number of aromatic nitrogens is 3. The van der Waals surface area contributed by atoms with E-state index in [1.807, 2.05) is 0 Å². The number of rotatable bonds is 5. The third-order valence-electron chi connectivity index (χ3n) is 3.34. The number of hydrogen-bond donors (Lipinski definition) is 1. The van der Waals surface area contributed by atoms with Crippen LogP contribution in [0.2, 0.25) is 0 Å². The number of nitrogens with one attached hydrogen (secondary N) is 1. The summed E-state index contributed by atoms with van der Waals surface area (Å²) < 4.78 is 28.9. The number of carbonyl (C=O) groups is 1. The molecule has 8 heteroatoms. The second-order valence-corrected chi connectivity index (χ2v) is 6.74. The maximum atomic E-state index is 12.4. The van der Waals surface area contributed by atoms with E-state index in [0.717, 1.165) is 0 Å². The fourth-order valence-electron chi connectivity index (χ4n) is 2.08. The minimum absolute atomic E-state index is 0.0752. The van der Waals surface area contributed by atoms with Crippen molar-refractivity contribution in [3.63, 3.8) is 0 Å². The molecule has 0 atom stereocenters. The predicted molar refractivity (Wildman–Crippen MR) is 88.6 cm³/mol. The molecule has 7 nitrogen and oxygen atoms in total. The van der Waals surface area contributed by atoms with E-state index in [1.165, 1.54) is 37.4 Å². The summed E-state index contributed by atoms with van der Waals surface area (Å²) in [5.74, 6) is 0.507. The zero-order valence-corrected chi connectivity index (χ0v) is 13.6. The Bertz CT molecular complexity index is 948. The Morgan fingerprint density at radius 2 is 1.88 bits per heavy atom. The summed E-state index contributed by atoms with van der Waals surface area (Å²) in [5, 5.41) is 0. The third kappa shape index (κ3) is 3.33. The number of imidazole rings is 1. The van der Waals surface area contributed by atoms with Gasteiger partial charge in [-0.25, -0.2) is 18.4 Å². The lowest BCUT2D eigenvalue weighted by Gasteiger charge is -2.09. The first kappa shape index (κ1) is 15.9. The van der Waals surface area contributed by atoms with Crippen molar-refractivity contribution in [2.45, 2.75) is 11.8 Å². The van der Waals surface area contributed by atoms with Crippen molar-refractivity contribution < 1.29 is 13.2 Å². The number of sulfonamides is 1. The summed E-state index contributed by atoms with van der Waals surface area (Å²) >= 11 is 0. The molecule has 0 aliphatic carbocycles. The van der Waals surface area contributed by atoms with E-state index in [9.17, 15) is 13.2 Å².